The zero-order valence-electron chi connectivity index (χ0n) is 15.6. The monoisotopic (exact) mass is 367 g/mol. The van der Waals surface area contributed by atoms with Crippen LogP contribution in [-0.2, 0) is 11.3 Å². The van der Waals surface area contributed by atoms with Crippen LogP contribution in [0.2, 0.25) is 0 Å². The van der Waals surface area contributed by atoms with Gasteiger partial charge in [0.25, 0.3) is 5.91 Å². The number of pyridine rings is 1. The van der Waals surface area contributed by atoms with Crippen molar-refractivity contribution in [3.05, 3.63) is 47.8 Å². The fourth-order valence-corrected chi connectivity index (χ4v) is 4.39. The molecule has 4 heterocycles. The molecule has 2 amide bonds. The van der Waals surface area contributed by atoms with Crippen LogP contribution in [0.3, 0.4) is 0 Å². The number of H-pyrrole nitrogens is 1. The summed E-state index contributed by atoms with van der Waals surface area (Å²) in [5.41, 5.74) is 2.38. The van der Waals surface area contributed by atoms with Crippen LogP contribution in [-0.4, -0.2) is 56.2 Å². The summed E-state index contributed by atoms with van der Waals surface area (Å²) in [4.78, 5) is 40.5. The lowest BCUT2D eigenvalue weighted by Crippen LogP contribution is -2.54. The van der Waals surface area contributed by atoms with Gasteiger partial charge in [-0.3, -0.25) is 14.6 Å². The molecule has 0 aromatic carbocycles. The fourth-order valence-electron chi connectivity index (χ4n) is 4.39. The maximum absolute atomic E-state index is 12.9. The van der Waals surface area contributed by atoms with E-state index in [0.29, 0.717) is 31.7 Å². The van der Waals surface area contributed by atoms with Gasteiger partial charge in [0, 0.05) is 56.1 Å². The fraction of sp³-hybridized carbons (Fsp3) is 0.500. The maximum Gasteiger partial charge on any atom is 0.274 e. The van der Waals surface area contributed by atoms with Gasteiger partial charge in [-0.15, -0.1) is 0 Å². The summed E-state index contributed by atoms with van der Waals surface area (Å²) in [5, 5.41) is 0. The van der Waals surface area contributed by atoms with Gasteiger partial charge in [-0.05, 0) is 43.9 Å². The largest absolute Gasteiger partial charge is 0.348 e. The number of imidazole rings is 1. The van der Waals surface area contributed by atoms with E-state index in [4.69, 9.17) is 0 Å². The number of carbonyl (C=O) groups excluding carboxylic acids is 2. The molecule has 2 fully saturated rings. The summed E-state index contributed by atoms with van der Waals surface area (Å²) in [7, 11) is 0. The molecule has 2 aromatic rings. The third kappa shape index (κ3) is 3.59. The smallest absolute Gasteiger partial charge is 0.274 e. The van der Waals surface area contributed by atoms with E-state index in [9.17, 15) is 9.59 Å². The predicted molar refractivity (Wildman–Crippen MR) is 99.8 cm³/mol. The Bertz CT molecular complexity index is 834. The van der Waals surface area contributed by atoms with Crippen molar-refractivity contribution in [3.8, 4) is 0 Å². The summed E-state index contributed by atoms with van der Waals surface area (Å²) in [6, 6.07) is 3.90. The van der Waals surface area contributed by atoms with E-state index in [1.54, 1.807) is 18.7 Å². The second-order valence-corrected chi connectivity index (χ2v) is 7.81. The molecule has 0 saturated carbocycles. The van der Waals surface area contributed by atoms with Gasteiger partial charge >= 0.3 is 0 Å². The molecule has 7 nitrogen and oxygen atoms in total. The van der Waals surface area contributed by atoms with Crippen molar-refractivity contribution in [1.82, 2.24) is 24.8 Å². The molecule has 0 aliphatic carbocycles. The molecule has 2 aliphatic heterocycles. The van der Waals surface area contributed by atoms with E-state index in [1.165, 1.54) is 0 Å². The zero-order valence-corrected chi connectivity index (χ0v) is 15.6. The number of hydrogen-bond acceptors (Lipinski definition) is 4. The SMILES string of the molecule is Cc1[nH]cnc1C(=O)N1CCC[C@]2(CCC(=O)N(Cc3ccncc3)C2)C1. The number of likely N-dealkylation sites (tertiary alicyclic amines) is 2. The van der Waals surface area contributed by atoms with Crippen LogP contribution in [0.25, 0.3) is 0 Å². The molecule has 2 aromatic heterocycles. The molecular weight excluding hydrogens is 342 g/mol. The van der Waals surface area contributed by atoms with Gasteiger partial charge in [0.15, 0.2) is 0 Å². The highest BCUT2D eigenvalue weighted by Crippen LogP contribution is 2.39. The van der Waals surface area contributed by atoms with Crippen LogP contribution in [0.15, 0.2) is 30.9 Å². The Kier molecular flexibility index (Phi) is 4.68. The Labute approximate surface area is 158 Å². The Morgan fingerprint density at radius 3 is 2.81 bits per heavy atom. The first kappa shape index (κ1) is 17.7. The van der Waals surface area contributed by atoms with Crippen molar-refractivity contribution in [2.45, 2.75) is 39.2 Å². The highest BCUT2D eigenvalue weighted by molar-refractivity contribution is 5.93. The first-order valence-electron chi connectivity index (χ1n) is 9.52. The average Bonchev–Trinajstić information content (AvgIpc) is 3.11. The lowest BCUT2D eigenvalue weighted by atomic mass is 9.73. The summed E-state index contributed by atoms with van der Waals surface area (Å²) in [6.45, 7) is 4.63. The molecule has 0 radical (unpaired) electrons. The molecule has 2 saturated heterocycles. The number of nitrogens with zero attached hydrogens (tertiary/aromatic N) is 4. The van der Waals surface area contributed by atoms with Crippen LogP contribution in [0.4, 0.5) is 0 Å². The molecule has 1 atom stereocenters. The molecule has 2 aliphatic rings. The minimum Gasteiger partial charge on any atom is -0.348 e. The van der Waals surface area contributed by atoms with Crippen molar-refractivity contribution in [1.29, 1.82) is 0 Å². The van der Waals surface area contributed by atoms with E-state index in [-0.39, 0.29) is 17.2 Å². The van der Waals surface area contributed by atoms with Crippen molar-refractivity contribution < 1.29 is 9.59 Å². The molecule has 1 N–H and O–H groups in total. The quantitative estimate of drug-likeness (QED) is 0.901. The van der Waals surface area contributed by atoms with Gasteiger partial charge in [0.2, 0.25) is 5.91 Å². The Morgan fingerprint density at radius 2 is 2.07 bits per heavy atom. The molecule has 7 heteroatoms. The minimum absolute atomic E-state index is 0.00888. The van der Waals surface area contributed by atoms with Crippen LogP contribution < -0.4 is 0 Å². The van der Waals surface area contributed by atoms with Crippen molar-refractivity contribution >= 4 is 11.8 Å². The van der Waals surface area contributed by atoms with E-state index in [1.807, 2.05) is 28.9 Å². The second kappa shape index (κ2) is 7.13. The number of rotatable bonds is 3. The van der Waals surface area contributed by atoms with Crippen molar-refractivity contribution in [3.63, 3.8) is 0 Å². The third-order valence-electron chi connectivity index (χ3n) is 5.85. The van der Waals surface area contributed by atoms with Crippen LogP contribution in [0, 0.1) is 12.3 Å². The summed E-state index contributed by atoms with van der Waals surface area (Å²) >= 11 is 0. The number of aryl methyl sites for hydroxylation is 1. The lowest BCUT2D eigenvalue weighted by molar-refractivity contribution is -0.139. The van der Waals surface area contributed by atoms with Crippen molar-refractivity contribution in [2.75, 3.05) is 19.6 Å². The van der Waals surface area contributed by atoms with Crippen LogP contribution >= 0.6 is 0 Å². The maximum atomic E-state index is 12.9. The van der Waals surface area contributed by atoms with Gasteiger partial charge in [0.05, 0.1) is 6.33 Å². The molecule has 0 bridgehead atoms. The highest BCUT2D eigenvalue weighted by Gasteiger charge is 2.43. The standard InChI is InChI=1S/C20H25N5O2/c1-15-18(23-14-22-15)19(27)24-10-2-6-20(12-24)7-3-17(26)25(13-20)11-16-4-8-21-9-5-16/h4-5,8-9,14H,2-3,6-7,10-13H2,1H3,(H,22,23)/t20-/m0/s1. The van der Waals surface area contributed by atoms with Gasteiger partial charge in [-0.2, -0.15) is 0 Å². The highest BCUT2D eigenvalue weighted by atomic mass is 16.2. The van der Waals surface area contributed by atoms with Crippen LogP contribution in [0.5, 0.6) is 0 Å². The van der Waals surface area contributed by atoms with Gasteiger partial charge < -0.3 is 14.8 Å². The molecule has 0 unspecified atom stereocenters. The summed E-state index contributed by atoms with van der Waals surface area (Å²) < 4.78 is 0. The summed E-state index contributed by atoms with van der Waals surface area (Å²) in [6.07, 6.45) is 8.50. The number of aromatic amines is 1. The first-order chi connectivity index (χ1) is 13.1. The second-order valence-electron chi connectivity index (χ2n) is 7.81. The van der Waals surface area contributed by atoms with Gasteiger partial charge in [0.1, 0.15) is 5.69 Å². The normalized spacial score (nSPS) is 23.1. The van der Waals surface area contributed by atoms with E-state index in [0.717, 1.165) is 37.1 Å². The predicted octanol–water partition coefficient (Wildman–Crippen LogP) is 2.16. The van der Waals surface area contributed by atoms with Crippen molar-refractivity contribution in [2.24, 2.45) is 5.41 Å². The number of carbonyl (C=O) groups is 2. The molecule has 4 rings (SSSR count). The Hall–Kier alpha value is -2.70. The Balaban J connectivity index is 1.49. The number of aromatic nitrogens is 3. The average molecular weight is 367 g/mol. The summed E-state index contributed by atoms with van der Waals surface area (Å²) in [5.74, 6) is 0.189. The van der Waals surface area contributed by atoms with E-state index in [2.05, 4.69) is 15.0 Å². The van der Waals surface area contributed by atoms with E-state index < -0.39 is 0 Å². The molecular formula is C20H25N5O2. The lowest BCUT2D eigenvalue weighted by Gasteiger charge is -2.48. The van der Waals surface area contributed by atoms with Gasteiger partial charge in [-0.1, -0.05) is 0 Å². The third-order valence-corrected chi connectivity index (χ3v) is 5.85. The molecule has 27 heavy (non-hydrogen) atoms. The number of hydrogen-bond donors (Lipinski definition) is 1. The van der Waals surface area contributed by atoms with Crippen LogP contribution in [0.1, 0.15) is 47.4 Å². The number of amides is 2. The zero-order chi connectivity index (χ0) is 18.9. The molecule has 142 valence electrons. The topological polar surface area (TPSA) is 82.2 Å². The number of piperidine rings is 2. The molecule has 1 spiro atoms. The minimum atomic E-state index is -0.0148. The first-order valence-corrected chi connectivity index (χ1v) is 9.52. The Morgan fingerprint density at radius 1 is 1.26 bits per heavy atom. The van der Waals surface area contributed by atoms with E-state index >= 15 is 0 Å². The van der Waals surface area contributed by atoms with Gasteiger partial charge in [-0.25, -0.2) is 4.98 Å². The number of nitrogens with one attached hydrogen (secondary N) is 1.